The molecular weight excluding hydrogens is 322 g/mol. The van der Waals surface area contributed by atoms with Gasteiger partial charge in [-0.15, -0.1) is 0 Å². The summed E-state index contributed by atoms with van der Waals surface area (Å²) in [6.07, 6.45) is 1.69. The number of nitrogens with one attached hydrogen (secondary N) is 1. The van der Waals surface area contributed by atoms with Crippen molar-refractivity contribution < 1.29 is 19.0 Å². The number of hydrogen-bond acceptors (Lipinski definition) is 6. The fourth-order valence-electron chi connectivity index (χ4n) is 1.90. The van der Waals surface area contributed by atoms with Gasteiger partial charge >= 0.3 is 0 Å². The van der Waals surface area contributed by atoms with E-state index in [9.17, 15) is 4.79 Å². The summed E-state index contributed by atoms with van der Waals surface area (Å²) in [5.41, 5.74) is 1.25. The molecule has 1 amide bonds. The third kappa shape index (κ3) is 6.23. The fraction of sp³-hybridized carbons (Fsp3) is 0.278. The molecule has 0 fully saturated rings. The number of carbonyl (C=O) groups is 1. The predicted molar refractivity (Wildman–Crippen MR) is 93.7 cm³/mol. The van der Waals surface area contributed by atoms with Crippen molar-refractivity contribution >= 4 is 11.9 Å². The highest BCUT2D eigenvalue weighted by atomic mass is 16.5. The van der Waals surface area contributed by atoms with Gasteiger partial charge in [0, 0.05) is 18.9 Å². The molecule has 0 saturated carbocycles. The van der Waals surface area contributed by atoms with Crippen LogP contribution >= 0.6 is 0 Å². The molecule has 0 saturated heterocycles. The van der Waals surface area contributed by atoms with Gasteiger partial charge in [0.05, 0.1) is 26.0 Å². The molecule has 7 nitrogen and oxygen atoms in total. The average molecular weight is 343 g/mol. The minimum atomic E-state index is -0.320. The molecule has 25 heavy (non-hydrogen) atoms. The van der Waals surface area contributed by atoms with Gasteiger partial charge in [-0.2, -0.15) is 0 Å². The summed E-state index contributed by atoms with van der Waals surface area (Å²) in [6, 6.07) is 12.4. The van der Waals surface area contributed by atoms with Crippen molar-refractivity contribution in [2.75, 3.05) is 27.4 Å². The highest BCUT2D eigenvalue weighted by molar-refractivity contribution is 6.04. The molecular formula is C18H21N3O4. The Hall–Kier alpha value is -2.93. The first-order chi connectivity index (χ1) is 12.2. The summed E-state index contributed by atoms with van der Waals surface area (Å²) in [5, 5.41) is 2.66. The van der Waals surface area contributed by atoms with Crippen LogP contribution in [0.3, 0.4) is 0 Å². The number of nitrogens with zero attached hydrogens (tertiary/aromatic N) is 2. The van der Waals surface area contributed by atoms with Gasteiger partial charge < -0.3 is 14.2 Å². The Labute approximate surface area is 146 Å². The molecule has 1 heterocycles. The molecule has 132 valence electrons. The highest BCUT2D eigenvalue weighted by Gasteiger charge is 2.10. The van der Waals surface area contributed by atoms with Crippen LogP contribution in [0.25, 0.3) is 0 Å². The molecule has 0 aliphatic carbocycles. The van der Waals surface area contributed by atoms with Gasteiger partial charge in [0.2, 0.25) is 0 Å². The third-order valence-corrected chi connectivity index (χ3v) is 3.21. The van der Waals surface area contributed by atoms with E-state index in [1.165, 1.54) is 0 Å². The molecule has 1 aromatic carbocycles. The topological polar surface area (TPSA) is 82.0 Å². The van der Waals surface area contributed by atoms with Gasteiger partial charge in [-0.3, -0.25) is 15.1 Å². The lowest BCUT2D eigenvalue weighted by molar-refractivity contribution is 0.0953. The fourth-order valence-corrected chi connectivity index (χ4v) is 1.90. The van der Waals surface area contributed by atoms with Crippen molar-refractivity contribution in [2.45, 2.75) is 6.54 Å². The summed E-state index contributed by atoms with van der Waals surface area (Å²) in [6.45, 7) is 0.966. The molecule has 2 aromatic rings. The van der Waals surface area contributed by atoms with Crippen molar-refractivity contribution in [1.82, 2.24) is 10.3 Å². The van der Waals surface area contributed by atoms with E-state index in [1.807, 2.05) is 18.2 Å². The maximum absolute atomic E-state index is 12.3. The van der Waals surface area contributed by atoms with Crippen LogP contribution in [-0.2, 0) is 16.0 Å². The van der Waals surface area contributed by atoms with Gasteiger partial charge in [0.1, 0.15) is 12.4 Å². The number of hydrogen-bond donors (Lipinski definition) is 1. The molecule has 0 spiro atoms. The summed E-state index contributed by atoms with van der Waals surface area (Å²) in [5.74, 6) is 0.358. The Morgan fingerprint density at radius 2 is 1.92 bits per heavy atom. The van der Waals surface area contributed by atoms with Gasteiger partial charge in [-0.25, -0.2) is 4.99 Å². The summed E-state index contributed by atoms with van der Waals surface area (Å²) in [7, 11) is 3.14. The normalized spacial score (nSPS) is 11.0. The zero-order valence-corrected chi connectivity index (χ0v) is 14.3. The van der Waals surface area contributed by atoms with Crippen LogP contribution in [0.5, 0.6) is 5.75 Å². The van der Waals surface area contributed by atoms with Crippen molar-refractivity contribution in [3.63, 3.8) is 0 Å². The number of amides is 1. The molecule has 7 heteroatoms. The molecule has 0 aliphatic rings. The Morgan fingerprint density at radius 1 is 1.12 bits per heavy atom. The van der Waals surface area contributed by atoms with E-state index in [0.717, 1.165) is 5.69 Å². The second-order valence-corrected chi connectivity index (χ2v) is 4.97. The summed E-state index contributed by atoms with van der Waals surface area (Å²) >= 11 is 0. The highest BCUT2D eigenvalue weighted by Crippen LogP contribution is 2.11. The molecule has 0 atom stereocenters. The van der Waals surface area contributed by atoms with Gasteiger partial charge in [-0.1, -0.05) is 6.07 Å². The minimum Gasteiger partial charge on any atom is -0.497 e. The monoisotopic (exact) mass is 343 g/mol. The van der Waals surface area contributed by atoms with Crippen LogP contribution in [0.2, 0.25) is 0 Å². The van der Waals surface area contributed by atoms with Crippen molar-refractivity contribution in [3.8, 4) is 5.75 Å². The Bertz CT molecular complexity index is 687. The molecule has 0 radical (unpaired) electrons. The average Bonchev–Trinajstić information content (AvgIpc) is 2.67. The lowest BCUT2D eigenvalue weighted by Crippen LogP contribution is -2.33. The second-order valence-electron chi connectivity index (χ2n) is 4.97. The van der Waals surface area contributed by atoms with Crippen LogP contribution in [0, 0.1) is 0 Å². The molecule has 1 aromatic heterocycles. The summed E-state index contributed by atoms with van der Waals surface area (Å²) < 4.78 is 15.5. The molecule has 2 rings (SSSR count). The maximum atomic E-state index is 12.3. The van der Waals surface area contributed by atoms with Crippen molar-refractivity contribution in [1.29, 1.82) is 0 Å². The Balaban J connectivity index is 2.04. The van der Waals surface area contributed by atoms with E-state index in [1.54, 1.807) is 44.7 Å². The minimum absolute atomic E-state index is 0.128. The number of rotatable bonds is 7. The number of pyridine rings is 1. The number of methoxy groups -OCH3 is 2. The SMILES string of the molecule is COCCOC(=NCc1ccccn1)NC(=O)c1ccc(OC)cc1. The first-order valence-corrected chi connectivity index (χ1v) is 7.74. The Morgan fingerprint density at radius 3 is 2.56 bits per heavy atom. The number of amidine groups is 1. The maximum Gasteiger partial charge on any atom is 0.292 e. The summed E-state index contributed by atoms with van der Waals surface area (Å²) in [4.78, 5) is 20.8. The predicted octanol–water partition coefficient (Wildman–Crippen LogP) is 2.04. The van der Waals surface area contributed by atoms with E-state index in [4.69, 9.17) is 14.2 Å². The largest absolute Gasteiger partial charge is 0.497 e. The molecule has 0 unspecified atom stereocenters. The molecule has 1 N–H and O–H groups in total. The zero-order valence-electron chi connectivity index (χ0n) is 14.3. The van der Waals surface area contributed by atoms with Crippen LogP contribution in [0.15, 0.2) is 53.7 Å². The van der Waals surface area contributed by atoms with Gasteiger partial charge in [-0.05, 0) is 36.4 Å². The first-order valence-electron chi connectivity index (χ1n) is 7.74. The lowest BCUT2D eigenvalue weighted by atomic mass is 10.2. The quantitative estimate of drug-likeness (QED) is 0.473. The Kier molecular flexibility index (Phi) is 7.40. The smallest absolute Gasteiger partial charge is 0.292 e. The number of ether oxygens (including phenoxy) is 3. The second kappa shape index (κ2) is 10.0. The number of benzene rings is 1. The van der Waals surface area contributed by atoms with Crippen LogP contribution < -0.4 is 10.1 Å². The lowest BCUT2D eigenvalue weighted by Gasteiger charge is -2.11. The van der Waals surface area contributed by atoms with Crippen LogP contribution in [0.1, 0.15) is 16.1 Å². The zero-order chi connectivity index (χ0) is 17.9. The molecule has 0 bridgehead atoms. The standard InChI is InChI=1S/C18H21N3O4/c1-23-11-12-25-18(20-13-15-5-3-4-10-19-15)21-17(22)14-6-8-16(24-2)9-7-14/h3-10H,11-13H2,1-2H3,(H,20,21,22). The van der Waals surface area contributed by atoms with E-state index in [2.05, 4.69) is 15.3 Å². The van der Waals surface area contributed by atoms with Gasteiger partial charge in [0.25, 0.3) is 11.9 Å². The third-order valence-electron chi connectivity index (χ3n) is 3.21. The molecule has 0 aliphatic heterocycles. The van der Waals surface area contributed by atoms with E-state index < -0.39 is 0 Å². The number of carbonyl (C=O) groups excluding carboxylic acids is 1. The van der Waals surface area contributed by atoms with E-state index in [-0.39, 0.29) is 18.5 Å². The van der Waals surface area contributed by atoms with Gasteiger partial charge in [0.15, 0.2) is 0 Å². The number of aliphatic imine (C=N–C) groups is 1. The number of aromatic nitrogens is 1. The first kappa shape index (κ1) is 18.4. The van der Waals surface area contributed by atoms with E-state index in [0.29, 0.717) is 24.5 Å². The van der Waals surface area contributed by atoms with E-state index >= 15 is 0 Å². The van der Waals surface area contributed by atoms with Crippen molar-refractivity contribution in [3.05, 3.63) is 59.9 Å². The van der Waals surface area contributed by atoms with Crippen LogP contribution in [-0.4, -0.2) is 44.3 Å². The van der Waals surface area contributed by atoms with Crippen LogP contribution in [0.4, 0.5) is 0 Å². The van der Waals surface area contributed by atoms with Crippen molar-refractivity contribution in [2.24, 2.45) is 4.99 Å².